The number of phenolic OH excluding ortho intramolecular Hbond substituents is 1. The molecule has 4 N–H and O–H groups in total. The molecule has 0 amide bonds. The molecule has 7 nitrogen and oxygen atoms in total. The van der Waals surface area contributed by atoms with Gasteiger partial charge in [0.2, 0.25) is 0 Å². The van der Waals surface area contributed by atoms with E-state index in [2.05, 4.69) is 40.7 Å². The first-order chi connectivity index (χ1) is 21.6. The molecule has 0 aliphatic heterocycles. The van der Waals surface area contributed by atoms with Gasteiger partial charge >= 0.3 is 11.9 Å². The molecule has 0 saturated heterocycles. The van der Waals surface area contributed by atoms with Crippen LogP contribution in [0.25, 0.3) is 6.08 Å². The van der Waals surface area contributed by atoms with Gasteiger partial charge in [0.05, 0.1) is 18.1 Å². The van der Waals surface area contributed by atoms with Crippen LogP contribution in [-0.2, 0) is 14.3 Å². The van der Waals surface area contributed by atoms with Crippen molar-refractivity contribution in [1.29, 1.82) is 0 Å². The van der Waals surface area contributed by atoms with Crippen molar-refractivity contribution in [2.75, 3.05) is 6.61 Å². The van der Waals surface area contributed by atoms with Crippen molar-refractivity contribution >= 4 is 18.0 Å². The third-order valence-electron chi connectivity index (χ3n) is 15.0. The third-order valence-corrected chi connectivity index (χ3v) is 15.0. The molecule has 4 saturated carbocycles. The largest absolute Gasteiger partial charge is 0.508 e. The Morgan fingerprint density at radius 3 is 2.33 bits per heavy atom. The number of hydrogen-bond donors (Lipinski definition) is 4. The van der Waals surface area contributed by atoms with Crippen LogP contribution in [0.2, 0.25) is 0 Å². The number of esters is 1. The van der Waals surface area contributed by atoms with E-state index in [1.807, 2.05) is 6.92 Å². The van der Waals surface area contributed by atoms with Gasteiger partial charge in [-0.1, -0.05) is 65.3 Å². The number of aliphatic hydroxyl groups excluding tert-OH is 2. The number of allylic oxidation sites excluding steroid dienone is 2. The number of ether oxygens (including phenoxy) is 1. The van der Waals surface area contributed by atoms with Crippen molar-refractivity contribution in [3.05, 3.63) is 47.6 Å². The van der Waals surface area contributed by atoms with E-state index in [4.69, 9.17) is 4.74 Å². The number of rotatable bonds is 5. The number of carbonyl (C=O) groups excluding carboxylic acids is 1. The second-order valence-electron chi connectivity index (χ2n) is 16.8. The summed E-state index contributed by atoms with van der Waals surface area (Å²) in [7, 11) is 0. The van der Waals surface area contributed by atoms with Crippen LogP contribution in [0.1, 0.15) is 98.5 Å². The number of phenols is 1. The molecule has 0 radical (unpaired) electrons. The van der Waals surface area contributed by atoms with Gasteiger partial charge in [-0.2, -0.15) is 0 Å². The molecule has 7 heteroatoms. The van der Waals surface area contributed by atoms with Crippen LogP contribution < -0.4 is 0 Å². The van der Waals surface area contributed by atoms with E-state index in [1.54, 1.807) is 30.3 Å². The van der Waals surface area contributed by atoms with Gasteiger partial charge in [0, 0.05) is 11.5 Å². The Morgan fingerprint density at radius 2 is 1.67 bits per heavy atom. The molecule has 0 aromatic heterocycles. The summed E-state index contributed by atoms with van der Waals surface area (Å²) in [4.78, 5) is 26.0. The van der Waals surface area contributed by atoms with Gasteiger partial charge in [0.25, 0.3) is 0 Å². The zero-order valence-corrected chi connectivity index (χ0v) is 28.5. The standard InChI is InChI=1S/C39H54O7/c1-23-15-18-39(34(44)45)20-19-37(5)27(32(39)24(23)2)12-13-30-35(3)21-28(42)33(36(4,22-40)29(35)16-17-38(30,37)6)46-31(43)14-9-25-7-10-26(41)11-8-25/h7-12,14,23-24,28-30,32-33,40-42H,13,15-22H2,1-6H3,(H,44,45)/b14-9+/t23-,24+,28-,29-,30-,32+,33-,35+,36+,37-,38-,39+/m1/s1. The van der Waals surface area contributed by atoms with E-state index in [0.29, 0.717) is 24.7 Å². The Morgan fingerprint density at radius 1 is 0.978 bits per heavy atom. The minimum atomic E-state index is -0.935. The predicted octanol–water partition coefficient (Wildman–Crippen LogP) is 7.00. The van der Waals surface area contributed by atoms with Crippen LogP contribution in [0, 0.1) is 56.7 Å². The number of fused-ring (bicyclic) bond motifs is 7. The normalized spacial score (nSPS) is 46.7. The van der Waals surface area contributed by atoms with Crippen LogP contribution in [0.5, 0.6) is 5.75 Å². The quantitative estimate of drug-likeness (QED) is 0.156. The molecule has 5 aliphatic rings. The predicted molar refractivity (Wildman–Crippen MR) is 176 cm³/mol. The summed E-state index contributed by atoms with van der Waals surface area (Å²) >= 11 is 0. The van der Waals surface area contributed by atoms with E-state index >= 15 is 0 Å². The number of hydrogen-bond acceptors (Lipinski definition) is 6. The second kappa shape index (κ2) is 11.2. The maximum Gasteiger partial charge on any atom is 0.331 e. The van der Waals surface area contributed by atoms with Crippen molar-refractivity contribution < 1.29 is 34.8 Å². The number of aromatic hydroxyl groups is 1. The molecule has 46 heavy (non-hydrogen) atoms. The molecule has 5 aliphatic carbocycles. The summed E-state index contributed by atoms with van der Waals surface area (Å²) in [6.45, 7) is 13.5. The number of aliphatic hydroxyl groups is 2. The van der Waals surface area contributed by atoms with Gasteiger partial charge in [-0.25, -0.2) is 4.79 Å². The first-order valence-electron chi connectivity index (χ1n) is 17.5. The van der Waals surface area contributed by atoms with Crippen LogP contribution >= 0.6 is 0 Å². The van der Waals surface area contributed by atoms with E-state index in [1.165, 1.54) is 11.6 Å². The van der Waals surface area contributed by atoms with E-state index in [-0.39, 0.29) is 46.4 Å². The lowest BCUT2D eigenvalue weighted by molar-refractivity contribution is -0.249. The highest BCUT2D eigenvalue weighted by atomic mass is 16.6. The van der Waals surface area contributed by atoms with Gasteiger partial charge in [-0.05, 0) is 121 Å². The molecule has 6 rings (SSSR count). The number of aliphatic carboxylic acids is 1. The lowest BCUT2D eigenvalue weighted by Gasteiger charge is -2.71. The molecule has 4 fully saturated rings. The lowest BCUT2D eigenvalue weighted by Crippen LogP contribution is -2.68. The van der Waals surface area contributed by atoms with Crippen molar-refractivity contribution in [3.63, 3.8) is 0 Å². The average molecular weight is 635 g/mol. The molecule has 0 bridgehead atoms. The first kappa shape index (κ1) is 33.3. The minimum Gasteiger partial charge on any atom is -0.508 e. The average Bonchev–Trinajstić information content (AvgIpc) is 3.00. The van der Waals surface area contributed by atoms with Gasteiger partial charge in [0.15, 0.2) is 0 Å². The van der Waals surface area contributed by atoms with E-state index in [9.17, 15) is 30.0 Å². The molecule has 0 unspecified atom stereocenters. The maximum atomic E-state index is 13.1. The molecule has 12 atom stereocenters. The van der Waals surface area contributed by atoms with Gasteiger partial charge in [-0.15, -0.1) is 0 Å². The minimum absolute atomic E-state index is 0.0271. The molecule has 0 spiro atoms. The lowest BCUT2D eigenvalue weighted by atomic mass is 9.33. The topological polar surface area (TPSA) is 124 Å². The monoisotopic (exact) mass is 634 g/mol. The van der Waals surface area contributed by atoms with Crippen LogP contribution in [-0.4, -0.2) is 51.2 Å². The molecule has 0 heterocycles. The number of carbonyl (C=O) groups is 2. The fourth-order valence-corrected chi connectivity index (χ4v) is 12.1. The molecule has 1 aromatic carbocycles. The first-order valence-corrected chi connectivity index (χ1v) is 17.5. The second-order valence-corrected chi connectivity index (χ2v) is 16.8. The smallest absolute Gasteiger partial charge is 0.331 e. The Hall–Kier alpha value is -2.64. The summed E-state index contributed by atoms with van der Waals surface area (Å²) in [6, 6.07) is 6.49. The summed E-state index contributed by atoms with van der Waals surface area (Å²) in [5, 5.41) is 43.0. The Kier molecular flexibility index (Phi) is 8.12. The molecular weight excluding hydrogens is 580 g/mol. The number of benzene rings is 1. The highest BCUT2D eigenvalue weighted by molar-refractivity contribution is 5.87. The van der Waals surface area contributed by atoms with Crippen molar-refractivity contribution in [1.82, 2.24) is 0 Å². The van der Waals surface area contributed by atoms with Crippen LogP contribution in [0.3, 0.4) is 0 Å². The number of carboxylic acids is 1. The highest BCUT2D eigenvalue weighted by Crippen LogP contribution is 2.75. The molecule has 1 aromatic rings. The molecular formula is C39H54O7. The van der Waals surface area contributed by atoms with Crippen LogP contribution in [0.15, 0.2) is 42.0 Å². The van der Waals surface area contributed by atoms with Crippen molar-refractivity contribution in [2.45, 2.75) is 105 Å². The zero-order valence-electron chi connectivity index (χ0n) is 28.5. The third kappa shape index (κ3) is 4.57. The maximum absolute atomic E-state index is 13.1. The molecule has 252 valence electrons. The van der Waals surface area contributed by atoms with Gasteiger partial charge in [0.1, 0.15) is 11.9 Å². The summed E-state index contributed by atoms with van der Waals surface area (Å²) in [5.41, 5.74) is 0.0232. The summed E-state index contributed by atoms with van der Waals surface area (Å²) in [5.74, 6) is 0.0165. The Bertz CT molecular complexity index is 1430. The van der Waals surface area contributed by atoms with Crippen molar-refractivity contribution in [2.24, 2.45) is 56.7 Å². The van der Waals surface area contributed by atoms with Crippen LogP contribution in [0.4, 0.5) is 0 Å². The SMILES string of the molecule is C[C@H]1[C@H](C)CC[C@]2(C(=O)O)CC[C@]3(C)C(=CC[C@@H]4[C@@]5(C)C[C@@H](O)[C@@H](OC(=O)/C=C/c6ccc(O)cc6)[C@@](C)(CO)[C@@H]5CC[C@]43C)[C@H]12. The van der Waals surface area contributed by atoms with Gasteiger partial charge < -0.3 is 25.2 Å². The fraction of sp³-hybridized carbons (Fsp3) is 0.692. The highest BCUT2D eigenvalue weighted by Gasteiger charge is 2.71. The number of carboxylic acid groups (broad SMARTS) is 1. The Balaban J connectivity index is 1.32. The zero-order chi connectivity index (χ0) is 33.4. The summed E-state index contributed by atoms with van der Waals surface area (Å²) in [6.07, 6.45) is 9.93. The van der Waals surface area contributed by atoms with E-state index in [0.717, 1.165) is 44.1 Å². The fourth-order valence-electron chi connectivity index (χ4n) is 12.1. The summed E-state index contributed by atoms with van der Waals surface area (Å²) < 4.78 is 5.98. The van der Waals surface area contributed by atoms with E-state index < -0.39 is 35.0 Å². The van der Waals surface area contributed by atoms with Crippen molar-refractivity contribution in [3.8, 4) is 5.75 Å². The van der Waals surface area contributed by atoms with Gasteiger partial charge in [-0.3, -0.25) is 4.79 Å². The Labute approximate surface area is 274 Å².